The number of rotatable bonds is 3. The summed E-state index contributed by atoms with van der Waals surface area (Å²) in [6.07, 6.45) is 5.05. The van der Waals surface area contributed by atoms with Crippen molar-refractivity contribution in [1.82, 2.24) is 0 Å². The van der Waals surface area contributed by atoms with Crippen LogP contribution in [0.2, 0.25) is 0 Å². The molecule has 1 unspecified atom stereocenters. The number of hydrogen-bond donors (Lipinski definition) is 1. The highest BCUT2D eigenvalue weighted by Crippen LogP contribution is 2.42. The summed E-state index contributed by atoms with van der Waals surface area (Å²) in [4.78, 5) is 13.1. The highest BCUT2D eigenvalue weighted by molar-refractivity contribution is 5.87. The molecule has 0 aromatic rings. The first-order valence-corrected chi connectivity index (χ1v) is 8.24. The summed E-state index contributed by atoms with van der Waals surface area (Å²) >= 11 is 0. The van der Waals surface area contributed by atoms with Gasteiger partial charge in [-0.3, -0.25) is 4.79 Å². The lowest BCUT2D eigenvalue weighted by molar-refractivity contribution is -0.164. The Morgan fingerprint density at radius 3 is 2.24 bits per heavy atom. The Balaban J connectivity index is 1.71. The Bertz CT molecular complexity index is 367. The van der Waals surface area contributed by atoms with Crippen molar-refractivity contribution < 1.29 is 19.0 Å². The van der Waals surface area contributed by atoms with Crippen molar-refractivity contribution >= 4 is 5.78 Å². The van der Waals surface area contributed by atoms with Gasteiger partial charge in [0.25, 0.3) is 0 Å². The van der Waals surface area contributed by atoms with Gasteiger partial charge < -0.3 is 19.9 Å². The molecule has 2 N–H and O–H groups in total. The van der Waals surface area contributed by atoms with E-state index in [4.69, 9.17) is 19.9 Å². The molecule has 0 aromatic carbocycles. The molecule has 1 atom stereocenters. The summed E-state index contributed by atoms with van der Waals surface area (Å²) in [6.45, 7) is 3.94. The summed E-state index contributed by atoms with van der Waals surface area (Å²) in [5, 5.41) is 0. The molecule has 3 saturated heterocycles. The first-order chi connectivity index (χ1) is 10.2. The van der Waals surface area contributed by atoms with Crippen molar-refractivity contribution in [2.24, 2.45) is 17.1 Å². The number of ketones is 1. The fraction of sp³-hybridized carbons (Fsp3) is 0.938. The molecule has 120 valence electrons. The van der Waals surface area contributed by atoms with Crippen LogP contribution in [-0.2, 0) is 19.0 Å². The van der Waals surface area contributed by atoms with Gasteiger partial charge in [-0.05, 0) is 38.5 Å². The van der Waals surface area contributed by atoms with E-state index in [1.54, 1.807) is 0 Å². The fourth-order valence-electron chi connectivity index (χ4n) is 4.09. The molecule has 3 aliphatic heterocycles. The number of carbonyl (C=O) groups excluding carboxylic acids is 1. The molecular formula is C16H27NO4. The van der Waals surface area contributed by atoms with Gasteiger partial charge in [0.15, 0.2) is 0 Å². The lowest BCUT2D eigenvalue weighted by Gasteiger charge is -2.45. The number of hydrogen-bond acceptors (Lipinski definition) is 5. The predicted molar refractivity (Wildman–Crippen MR) is 78.0 cm³/mol. The molecule has 5 nitrogen and oxygen atoms in total. The van der Waals surface area contributed by atoms with Crippen LogP contribution < -0.4 is 5.73 Å². The maximum absolute atomic E-state index is 13.1. The third-order valence-electron chi connectivity index (χ3n) is 5.63. The second kappa shape index (κ2) is 6.32. The van der Waals surface area contributed by atoms with Crippen molar-refractivity contribution in [2.45, 2.75) is 44.1 Å². The minimum atomic E-state index is -0.355. The van der Waals surface area contributed by atoms with Gasteiger partial charge in [0.2, 0.25) is 0 Å². The highest BCUT2D eigenvalue weighted by Gasteiger charge is 2.47. The van der Waals surface area contributed by atoms with E-state index in [-0.39, 0.29) is 16.9 Å². The number of Topliss-reactive ketones (excluding diaryl/α,β-unsaturated/α-hetero) is 1. The van der Waals surface area contributed by atoms with Crippen LogP contribution in [0.1, 0.15) is 38.5 Å². The quantitative estimate of drug-likeness (QED) is 0.850. The zero-order valence-electron chi connectivity index (χ0n) is 12.8. The van der Waals surface area contributed by atoms with E-state index >= 15 is 0 Å². The topological polar surface area (TPSA) is 70.8 Å². The zero-order chi connectivity index (χ0) is 14.8. The lowest BCUT2D eigenvalue weighted by Crippen LogP contribution is -2.51. The second-order valence-corrected chi connectivity index (χ2v) is 6.79. The molecule has 3 aliphatic rings. The van der Waals surface area contributed by atoms with Crippen LogP contribution in [-0.4, -0.2) is 51.0 Å². The lowest BCUT2D eigenvalue weighted by atomic mass is 9.68. The van der Waals surface area contributed by atoms with Crippen LogP contribution in [0.3, 0.4) is 0 Å². The molecule has 0 aromatic heterocycles. The summed E-state index contributed by atoms with van der Waals surface area (Å²) in [5.41, 5.74) is 5.51. The van der Waals surface area contributed by atoms with Crippen molar-refractivity contribution in [1.29, 1.82) is 0 Å². The molecule has 1 spiro atoms. The van der Waals surface area contributed by atoms with E-state index in [9.17, 15) is 4.79 Å². The van der Waals surface area contributed by atoms with E-state index < -0.39 is 0 Å². The first-order valence-electron chi connectivity index (χ1n) is 8.24. The van der Waals surface area contributed by atoms with Crippen LogP contribution in [0.4, 0.5) is 0 Å². The van der Waals surface area contributed by atoms with Crippen molar-refractivity contribution in [3.8, 4) is 0 Å². The summed E-state index contributed by atoms with van der Waals surface area (Å²) < 4.78 is 16.9. The smallest absolute Gasteiger partial charge is 0.143 e. The van der Waals surface area contributed by atoms with Gasteiger partial charge in [0.05, 0.1) is 5.60 Å². The number of nitrogens with two attached hydrogens (primary N) is 1. The average molecular weight is 297 g/mol. The Morgan fingerprint density at radius 1 is 1.00 bits per heavy atom. The van der Waals surface area contributed by atoms with Gasteiger partial charge in [-0.2, -0.15) is 0 Å². The molecule has 3 rings (SSSR count). The Labute approximate surface area is 126 Å². The minimum Gasteiger partial charge on any atom is -0.381 e. The molecule has 3 fully saturated rings. The summed E-state index contributed by atoms with van der Waals surface area (Å²) in [7, 11) is 0. The van der Waals surface area contributed by atoms with Crippen LogP contribution in [0.25, 0.3) is 0 Å². The third kappa shape index (κ3) is 3.02. The summed E-state index contributed by atoms with van der Waals surface area (Å²) in [5.74, 6) is 0.459. The molecule has 0 saturated carbocycles. The molecule has 3 heterocycles. The van der Waals surface area contributed by atoms with Crippen LogP contribution in [0.5, 0.6) is 0 Å². The molecule has 5 heteroatoms. The Morgan fingerprint density at radius 2 is 1.62 bits per heavy atom. The molecule has 0 amide bonds. The van der Waals surface area contributed by atoms with Gasteiger partial charge in [0, 0.05) is 50.9 Å². The van der Waals surface area contributed by atoms with E-state index in [1.807, 2.05) is 0 Å². The van der Waals surface area contributed by atoms with Crippen molar-refractivity contribution in [3.63, 3.8) is 0 Å². The monoisotopic (exact) mass is 297 g/mol. The standard InChI is InChI=1S/C16H27NO4/c17-12-15(2-7-19-8-3-15)14(18)13-1-6-21-16(11-13)4-9-20-10-5-16/h13H,1-12,17H2. The molecule has 0 radical (unpaired) electrons. The largest absolute Gasteiger partial charge is 0.381 e. The predicted octanol–water partition coefficient (Wildman–Crippen LogP) is 1.29. The number of carbonyl (C=O) groups is 1. The van der Waals surface area contributed by atoms with Gasteiger partial charge in [-0.1, -0.05) is 0 Å². The second-order valence-electron chi connectivity index (χ2n) is 6.79. The molecular weight excluding hydrogens is 270 g/mol. The maximum Gasteiger partial charge on any atom is 0.143 e. The number of ether oxygens (including phenoxy) is 3. The highest BCUT2D eigenvalue weighted by atomic mass is 16.5. The van der Waals surface area contributed by atoms with Crippen molar-refractivity contribution in [3.05, 3.63) is 0 Å². The average Bonchev–Trinajstić information content (AvgIpc) is 2.55. The molecule has 0 aliphatic carbocycles. The van der Waals surface area contributed by atoms with Crippen molar-refractivity contribution in [2.75, 3.05) is 39.6 Å². The third-order valence-corrected chi connectivity index (χ3v) is 5.63. The Kier molecular flexibility index (Phi) is 4.64. The van der Waals surface area contributed by atoms with Gasteiger partial charge in [-0.15, -0.1) is 0 Å². The maximum atomic E-state index is 13.1. The molecule has 21 heavy (non-hydrogen) atoms. The SMILES string of the molecule is NCC1(C(=O)C2CCOC3(CCOCC3)C2)CCOCC1. The fourth-order valence-corrected chi connectivity index (χ4v) is 4.09. The zero-order valence-corrected chi connectivity index (χ0v) is 12.8. The van der Waals surface area contributed by atoms with Crippen LogP contribution in [0.15, 0.2) is 0 Å². The minimum absolute atomic E-state index is 0.0958. The van der Waals surface area contributed by atoms with Gasteiger partial charge >= 0.3 is 0 Å². The molecule has 0 bridgehead atoms. The van der Waals surface area contributed by atoms with Crippen LogP contribution in [0, 0.1) is 11.3 Å². The van der Waals surface area contributed by atoms with E-state index in [1.165, 1.54) is 0 Å². The van der Waals surface area contributed by atoms with E-state index in [2.05, 4.69) is 0 Å². The van der Waals surface area contributed by atoms with Gasteiger partial charge in [-0.25, -0.2) is 0 Å². The van der Waals surface area contributed by atoms with E-state index in [0.29, 0.717) is 32.1 Å². The first kappa shape index (κ1) is 15.4. The van der Waals surface area contributed by atoms with E-state index in [0.717, 1.165) is 51.7 Å². The summed E-state index contributed by atoms with van der Waals surface area (Å²) in [6, 6.07) is 0. The normalized spacial score (nSPS) is 32.0. The van der Waals surface area contributed by atoms with Crippen LogP contribution >= 0.6 is 0 Å². The van der Waals surface area contributed by atoms with Gasteiger partial charge in [0.1, 0.15) is 5.78 Å². The Hall–Kier alpha value is -0.490.